The molecule has 0 fully saturated rings. The Kier molecular flexibility index (Phi) is 4.71. The average Bonchev–Trinajstić information content (AvgIpc) is 2.64. The fraction of sp³-hybridized carbons (Fsp3) is 0.263. The fourth-order valence-electron chi connectivity index (χ4n) is 2.99. The summed E-state index contributed by atoms with van der Waals surface area (Å²) in [5.41, 5.74) is 1.17. The van der Waals surface area contributed by atoms with Crippen molar-refractivity contribution in [2.75, 3.05) is 28.4 Å². The van der Waals surface area contributed by atoms with Crippen LogP contribution in [0.1, 0.15) is 5.56 Å². The van der Waals surface area contributed by atoms with Gasteiger partial charge in [0.1, 0.15) is 0 Å². The van der Waals surface area contributed by atoms with Gasteiger partial charge in [-0.15, -0.1) is 0 Å². The minimum atomic E-state index is 0.702. The zero-order chi connectivity index (χ0) is 17.3. The van der Waals surface area contributed by atoms with Crippen LogP contribution < -0.4 is 18.9 Å². The monoisotopic (exact) mass is 390 g/mol. The first-order chi connectivity index (χ1) is 11.7. The van der Waals surface area contributed by atoms with Crippen molar-refractivity contribution in [2.24, 2.45) is 0 Å². The molecule has 0 radical (unpaired) electrons. The molecule has 24 heavy (non-hydrogen) atoms. The topological polar surface area (TPSA) is 36.9 Å². The van der Waals surface area contributed by atoms with Crippen LogP contribution in [0.15, 0.2) is 30.3 Å². The Morgan fingerprint density at radius 1 is 0.625 bits per heavy atom. The predicted octanol–water partition coefficient (Wildman–Crippen LogP) is 4.92. The van der Waals surface area contributed by atoms with Crippen LogP contribution in [0.2, 0.25) is 0 Å². The van der Waals surface area contributed by atoms with Gasteiger partial charge in [-0.1, -0.05) is 15.9 Å². The number of hydrogen-bond donors (Lipinski definition) is 0. The lowest BCUT2D eigenvalue weighted by Crippen LogP contribution is -1.94. The molecule has 4 nitrogen and oxygen atoms in total. The largest absolute Gasteiger partial charge is 0.493 e. The highest BCUT2D eigenvalue weighted by molar-refractivity contribution is 9.08. The Morgan fingerprint density at radius 2 is 1.08 bits per heavy atom. The number of benzene rings is 3. The van der Waals surface area contributed by atoms with Gasteiger partial charge >= 0.3 is 0 Å². The van der Waals surface area contributed by atoms with Crippen LogP contribution in [0.5, 0.6) is 23.0 Å². The summed E-state index contributed by atoms with van der Waals surface area (Å²) in [7, 11) is 6.57. The molecule has 0 spiro atoms. The molecular formula is C19H19BrO4. The number of hydrogen-bond acceptors (Lipinski definition) is 4. The van der Waals surface area contributed by atoms with Gasteiger partial charge in [0.2, 0.25) is 0 Å². The zero-order valence-electron chi connectivity index (χ0n) is 14.1. The second-order valence-electron chi connectivity index (χ2n) is 5.35. The average molecular weight is 391 g/mol. The molecule has 3 aromatic carbocycles. The molecule has 0 aliphatic rings. The van der Waals surface area contributed by atoms with Crippen LogP contribution in [0.4, 0.5) is 0 Å². The van der Waals surface area contributed by atoms with Gasteiger partial charge < -0.3 is 18.9 Å². The van der Waals surface area contributed by atoms with Gasteiger partial charge in [0.15, 0.2) is 23.0 Å². The zero-order valence-corrected chi connectivity index (χ0v) is 15.7. The van der Waals surface area contributed by atoms with E-state index in [0.29, 0.717) is 23.0 Å². The second kappa shape index (κ2) is 6.77. The summed E-state index contributed by atoms with van der Waals surface area (Å²) in [4.78, 5) is 0. The molecule has 0 saturated heterocycles. The van der Waals surface area contributed by atoms with Crippen molar-refractivity contribution in [1.82, 2.24) is 0 Å². The Morgan fingerprint density at radius 3 is 1.58 bits per heavy atom. The number of ether oxygens (including phenoxy) is 4. The number of halogens is 1. The number of rotatable bonds is 5. The molecule has 0 bridgehead atoms. The van der Waals surface area contributed by atoms with Gasteiger partial charge in [-0.05, 0) is 57.4 Å². The second-order valence-corrected chi connectivity index (χ2v) is 5.91. The summed E-state index contributed by atoms with van der Waals surface area (Å²) in [6.45, 7) is 0. The molecule has 3 aromatic rings. The van der Waals surface area contributed by atoms with Crippen LogP contribution in [0.25, 0.3) is 21.5 Å². The van der Waals surface area contributed by atoms with Crippen LogP contribution in [0, 0.1) is 0 Å². The van der Waals surface area contributed by atoms with E-state index in [0.717, 1.165) is 26.9 Å². The summed E-state index contributed by atoms with van der Waals surface area (Å²) in [6.07, 6.45) is 0. The predicted molar refractivity (Wildman–Crippen MR) is 100 cm³/mol. The maximum Gasteiger partial charge on any atom is 0.161 e. The molecule has 126 valence electrons. The fourth-order valence-corrected chi connectivity index (χ4v) is 3.45. The molecular weight excluding hydrogens is 372 g/mol. The molecule has 0 atom stereocenters. The van der Waals surface area contributed by atoms with Crippen molar-refractivity contribution in [3.63, 3.8) is 0 Å². The van der Waals surface area contributed by atoms with E-state index < -0.39 is 0 Å². The molecule has 0 unspecified atom stereocenters. The van der Waals surface area contributed by atoms with Gasteiger partial charge in [-0.2, -0.15) is 0 Å². The Hall–Kier alpha value is -2.14. The Balaban J connectivity index is 2.46. The van der Waals surface area contributed by atoms with E-state index in [1.807, 2.05) is 24.3 Å². The molecule has 0 saturated carbocycles. The molecule has 3 rings (SSSR count). The first-order valence-electron chi connectivity index (χ1n) is 7.46. The third-order valence-corrected chi connectivity index (χ3v) is 4.79. The molecule has 0 N–H and O–H groups in total. The van der Waals surface area contributed by atoms with Gasteiger partial charge in [-0.3, -0.25) is 0 Å². The lowest BCUT2D eigenvalue weighted by molar-refractivity contribution is 0.355. The van der Waals surface area contributed by atoms with Crippen LogP contribution in [-0.4, -0.2) is 28.4 Å². The number of fused-ring (bicyclic) bond motifs is 3. The third kappa shape index (κ3) is 2.63. The third-order valence-electron chi connectivity index (χ3n) is 4.19. The van der Waals surface area contributed by atoms with Crippen molar-refractivity contribution in [3.05, 3.63) is 35.9 Å². The molecule has 0 aliphatic heterocycles. The van der Waals surface area contributed by atoms with Crippen molar-refractivity contribution < 1.29 is 18.9 Å². The van der Waals surface area contributed by atoms with Gasteiger partial charge in [0.25, 0.3) is 0 Å². The van der Waals surface area contributed by atoms with Crippen LogP contribution in [-0.2, 0) is 5.33 Å². The van der Waals surface area contributed by atoms with Crippen LogP contribution >= 0.6 is 15.9 Å². The van der Waals surface area contributed by atoms with Crippen LogP contribution in [0.3, 0.4) is 0 Å². The standard InChI is InChI=1S/C19H19BrO4/c1-21-16-6-11-5-12(10-20)14-8-18(23-3)19(24-4)9-15(14)13(11)7-17(16)22-2/h5-9H,10H2,1-4H3. The normalized spacial score (nSPS) is 10.9. The maximum atomic E-state index is 5.48. The highest BCUT2D eigenvalue weighted by Gasteiger charge is 2.14. The smallest absolute Gasteiger partial charge is 0.161 e. The van der Waals surface area contributed by atoms with E-state index in [4.69, 9.17) is 18.9 Å². The first kappa shape index (κ1) is 16.7. The summed E-state index contributed by atoms with van der Waals surface area (Å²) in [5.74, 6) is 2.83. The van der Waals surface area contributed by atoms with E-state index in [1.165, 1.54) is 5.56 Å². The number of methoxy groups -OCH3 is 4. The van der Waals surface area contributed by atoms with Gasteiger partial charge in [0, 0.05) is 5.33 Å². The van der Waals surface area contributed by atoms with Gasteiger partial charge in [-0.25, -0.2) is 0 Å². The van der Waals surface area contributed by atoms with E-state index in [9.17, 15) is 0 Å². The summed E-state index contributed by atoms with van der Waals surface area (Å²) in [6, 6.07) is 10.2. The lowest BCUT2D eigenvalue weighted by Gasteiger charge is -2.15. The molecule has 0 amide bonds. The summed E-state index contributed by atoms with van der Waals surface area (Å²) < 4.78 is 21.8. The molecule has 0 aromatic heterocycles. The van der Waals surface area contributed by atoms with Crippen molar-refractivity contribution >= 4 is 37.5 Å². The lowest BCUT2D eigenvalue weighted by atomic mass is 9.97. The summed E-state index contributed by atoms with van der Waals surface area (Å²) in [5, 5.41) is 5.10. The number of alkyl halides is 1. The molecule has 5 heteroatoms. The Labute approximate surface area is 149 Å². The minimum absolute atomic E-state index is 0.702. The molecule has 0 aliphatic carbocycles. The molecule has 0 heterocycles. The van der Waals surface area contributed by atoms with Gasteiger partial charge in [0.05, 0.1) is 28.4 Å². The van der Waals surface area contributed by atoms with E-state index in [2.05, 4.69) is 22.0 Å². The highest BCUT2D eigenvalue weighted by atomic mass is 79.9. The van der Waals surface area contributed by atoms with E-state index in [-0.39, 0.29) is 0 Å². The maximum absolute atomic E-state index is 5.48. The highest BCUT2D eigenvalue weighted by Crippen LogP contribution is 2.41. The van der Waals surface area contributed by atoms with E-state index >= 15 is 0 Å². The summed E-state index contributed by atoms with van der Waals surface area (Å²) >= 11 is 3.58. The van der Waals surface area contributed by atoms with Crippen molar-refractivity contribution in [3.8, 4) is 23.0 Å². The first-order valence-corrected chi connectivity index (χ1v) is 8.58. The quantitative estimate of drug-likeness (QED) is 0.457. The minimum Gasteiger partial charge on any atom is -0.493 e. The van der Waals surface area contributed by atoms with E-state index in [1.54, 1.807) is 28.4 Å². The van der Waals surface area contributed by atoms with Crippen molar-refractivity contribution in [1.29, 1.82) is 0 Å². The van der Waals surface area contributed by atoms with Crippen molar-refractivity contribution in [2.45, 2.75) is 5.33 Å². The SMILES string of the molecule is COc1cc2cc(CBr)c3cc(OC)c(OC)cc3c2cc1OC. The Bertz CT molecular complexity index is 905.